The first kappa shape index (κ1) is 61.2. The van der Waals surface area contributed by atoms with Crippen molar-refractivity contribution in [3.63, 3.8) is 0 Å². The van der Waals surface area contributed by atoms with Crippen LogP contribution in [0.2, 0.25) is 0 Å². The molecular weight excluding hydrogens is 891 g/mol. The molecule has 380 valence electrons. The van der Waals surface area contributed by atoms with Crippen molar-refractivity contribution in [3.8, 4) is 0 Å². The Morgan fingerprint density at radius 3 is 1.46 bits per heavy atom. The third-order valence-corrected chi connectivity index (χ3v) is 8.68. The van der Waals surface area contributed by atoms with E-state index in [9.17, 15) is 0 Å². The van der Waals surface area contributed by atoms with Crippen molar-refractivity contribution in [3.05, 3.63) is 151 Å². The average molecular weight is 974 g/mol. The molecule has 6 N–H and O–H groups in total. The van der Waals surface area contributed by atoms with Gasteiger partial charge in [-0.05, 0) is 157 Å². The Hall–Kier alpha value is -6.81. The van der Waals surface area contributed by atoms with Crippen molar-refractivity contribution in [1.82, 2.24) is 44.9 Å². The molecule has 7 rings (SSSR count). The van der Waals surface area contributed by atoms with Gasteiger partial charge in [-0.1, -0.05) is 19.9 Å². The van der Waals surface area contributed by atoms with E-state index >= 15 is 0 Å². The number of aryl methyl sites for hydroxylation is 1. The number of aromatic nitrogens is 9. The number of anilines is 6. The molecule has 16 heteroatoms. The predicted octanol–water partition coefficient (Wildman–Crippen LogP) is 12.9. The van der Waals surface area contributed by atoms with Crippen molar-refractivity contribution >= 4 is 46.0 Å². The van der Waals surface area contributed by atoms with Gasteiger partial charge < -0.3 is 31.9 Å². The van der Waals surface area contributed by atoms with Crippen LogP contribution in [0.25, 0.3) is 0 Å². The van der Waals surface area contributed by atoms with Gasteiger partial charge >= 0.3 is 0 Å². The van der Waals surface area contributed by atoms with Crippen molar-refractivity contribution in [2.75, 3.05) is 31.9 Å². The molecule has 70 heavy (non-hydrogen) atoms. The molecule has 0 radical (unpaired) electrons. The van der Waals surface area contributed by atoms with Gasteiger partial charge in [-0.2, -0.15) is 0 Å². The maximum absolute atomic E-state index is 4.17. The molecule has 0 amide bonds. The van der Waals surface area contributed by atoms with Crippen LogP contribution in [0.1, 0.15) is 108 Å². The van der Waals surface area contributed by atoms with Gasteiger partial charge in [0.05, 0.1) is 22.1 Å². The fourth-order valence-corrected chi connectivity index (χ4v) is 6.09. The first-order valence-corrected chi connectivity index (χ1v) is 24.9. The van der Waals surface area contributed by atoms with E-state index in [2.05, 4.69) is 174 Å². The number of rotatable bonds is 14. The Kier molecular flexibility index (Phi) is 33.3. The number of nitrogens with zero attached hydrogens (tertiary/aromatic N) is 9. The summed E-state index contributed by atoms with van der Waals surface area (Å²) in [6.45, 7) is 31.5. The molecule has 0 unspecified atom stereocenters. The summed E-state index contributed by atoms with van der Waals surface area (Å²) >= 11 is 1.74. The molecule has 0 saturated heterocycles. The van der Waals surface area contributed by atoms with E-state index in [1.165, 1.54) is 11.3 Å². The zero-order chi connectivity index (χ0) is 51.9. The van der Waals surface area contributed by atoms with Crippen molar-refractivity contribution < 1.29 is 0 Å². The Balaban J connectivity index is 0.000000409. The average Bonchev–Trinajstić information content (AvgIpc) is 3.82. The minimum atomic E-state index is 0.391. The zero-order valence-electron chi connectivity index (χ0n) is 44.5. The van der Waals surface area contributed by atoms with Crippen LogP contribution in [0, 0.1) is 12.8 Å². The largest absolute Gasteiger partial charge is 0.383 e. The summed E-state index contributed by atoms with van der Waals surface area (Å²) < 4.78 is 0. The second kappa shape index (κ2) is 38.1. The fraction of sp³-hybridized carbons (Fsp3) is 0.426. The van der Waals surface area contributed by atoms with E-state index in [1.54, 1.807) is 67.0 Å². The Morgan fingerprint density at radius 2 is 0.971 bits per heavy atom. The normalized spacial score (nSPS) is 10.0. The Labute approximate surface area is 424 Å². The number of nitrogens with one attached hydrogen (secondary N) is 6. The number of hydrogen-bond acceptors (Lipinski definition) is 16. The molecule has 0 saturated carbocycles. The van der Waals surface area contributed by atoms with Gasteiger partial charge in [0.1, 0.15) is 18.0 Å². The second-order valence-corrected chi connectivity index (χ2v) is 18.8. The van der Waals surface area contributed by atoms with Crippen LogP contribution in [0.5, 0.6) is 0 Å². The number of pyridine rings is 4. The van der Waals surface area contributed by atoms with Gasteiger partial charge in [-0.3, -0.25) is 15.0 Å². The number of thiazole rings is 1. The third-order valence-electron chi connectivity index (χ3n) is 7.87. The SMILES string of the molecule is CC(C)Cc1nccs1.CC(C)Nc1ccccn1.CC(C)Nc1cccnc1.CC(C)Nc1ccncc1.CC(C)Nc1ccncn1.CC(C)Nc1ncccn1.Cc1ncccc1NC(C)C. The van der Waals surface area contributed by atoms with Crippen LogP contribution in [-0.2, 0) is 6.42 Å². The van der Waals surface area contributed by atoms with Gasteiger partial charge in [0.15, 0.2) is 0 Å². The van der Waals surface area contributed by atoms with E-state index in [0.717, 1.165) is 46.7 Å². The van der Waals surface area contributed by atoms with Crippen molar-refractivity contribution in [1.29, 1.82) is 0 Å². The van der Waals surface area contributed by atoms with Crippen LogP contribution in [-0.4, -0.2) is 81.1 Å². The fourth-order valence-electron chi connectivity index (χ4n) is 5.26. The highest BCUT2D eigenvalue weighted by Crippen LogP contribution is 2.12. The lowest BCUT2D eigenvalue weighted by Gasteiger charge is -2.10. The van der Waals surface area contributed by atoms with E-state index in [4.69, 9.17) is 0 Å². The lowest BCUT2D eigenvalue weighted by Crippen LogP contribution is -2.11. The highest BCUT2D eigenvalue weighted by molar-refractivity contribution is 7.09. The predicted molar refractivity (Wildman–Crippen MR) is 299 cm³/mol. The van der Waals surface area contributed by atoms with Crippen LogP contribution >= 0.6 is 11.3 Å². The zero-order valence-corrected chi connectivity index (χ0v) is 45.3. The highest BCUT2D eigenvalue weighted by Gasteiger charge is 2.00. The van der Waals surface area contributed by atoms with Gasteiger partial charge in [-0.25, -0.2) is 29.9 Å². The second-order valence-electron chi connectivity index (χ2n) is 17.8. The van der Waals surface area contributed by atoms with E-state index in [0.29, 0.717) is 42.2 Å². The molecule has 0 aliphatic carbocycles. The summed E-state index contributed by atoms with van der Waals surface area (Å²) in [5.74, 6) is 3.25. The van der Waals surface area contributed by atoms with Crippen LogP contribution in [0.15, 0.2) is 140 Å². The van der Waals surface area contributed by atoms with E-state index in [-0.39, 0.29) is 0 Å². The molecular formula is C54H83N15S. The quantitative estimate of drug-likeness (QED) is 0.0603. The molecule has 0 fully saturated rings. The van der Waals surface area contributed by atoms with Gasteiger partial charge in [-0.15, -0.1) is 11.3 Å². The third kappa shape index (κ3) is 35.3. The van der Waals surface area contributed by atoms with Crippen molar-refractivity contribution in [2.45, 2.75) is 147 Å². The van der Waals surface area contributed by atoms with Crippen LogP contribution in [0.4, 0.5) is 34.6 Å². The molecule has 0 aromatic carbocycles. The Morgan fingerprint density at radius 1 is 0.414 bits per heavy atom. The molecule has 0 bridgehead atoms. The molecule has 7 aromatic rings. The maximum atomic E-state index is 4.17. The molecule has 0 aliphatic heterocycles. The topological polar surface area (TPSA) is 188 Å². The molecule has 0 spiro atoms. The molecule has 15 nitrogen and oxygen atoms in total. The Bertz CT molecular complexity index is 1930. The molecule has 0 atom stereocenters. The van der Waals surface area contributed by atoms with Crippen LogP contribution in [0.3, 0.4) is 0 Å². The molecule has 0 aliphatic rings. The molecule has 7 aromatic heterocycles. The lowest BCUT2D eigenvalue weighted by molar-refractivity contribution is 0.644. The number of hydrogen-bond donors (Lipinski definition) is 6. The maximum Gasteiger partial charge on any atom is 0.222 e. The van der Waals surface area contributed by atoms with E-state index < -0.39 is 0 Å². The summed E-state index contributed by atoms with van der Waals surface area (Å²) in [6.07, 6.45) is 20.4. The lowest BCUT2D eigenvalue weighted by atomic mass is 10.1. The first-order chi connectivity index (χ1) is 33.4. The smallest absolute Gasteiger partial charge is 0.222 e. The summed E-state index contributed by atoms with van der Waals surface area (Å²) in [4.78, 5) is 36.1. The minimum Gasteiger partial charge on any atom is -0.383 e. The van der Waals surface area contributed by atoms with Gasteiger partial charge in [0.25, 0.3) is 0 Å². The van der Waals surface area contributed by atoms with Crippen LogP contribution < -0.4 is 31.9 Å². The first-order valence-electron chi connectivity index (χ1n) is 24.1. The van der Waals surface area contributed by atoms with Gasteiger partial charge in [0, 0.05) is 116 Å². The summed E-state index contributed by atoms with van der Waals surface area (Å²) in [6, 6.07) is 24.0. The summed E-state index contributed by atoms with van der Waals surface area (Å²) in [5, 5.41) is 22.5. The van der Waals surface area contributed by atoms with E-state index in [1.807, 2.05) is 85.4 Å². The monoisotopic (exact) mass is 974 g/mol. The van der Waals surface area contributed by atoms with Crippen molar-refractivity contribution in [2.24, 2.45) is 5.92 Å². The summed E-state index contributed by atoms with van der Waals surface area (Å²) in [5.41, 5.74) is 4.39. The van der Waals surface area contributed by atoms with Gasteiger partial charge in [0.2, 0.25) is 5.95 Å². The standard InChI is InChI=1S/C9H14N2.3C8H12N2.2C7H11N3.C7H11NS/c1-7(2)11-9-5-4-6-10-8(9)3;1-7(2)10-8-3-5-9-6-4-8;1-7(2)10-8-4-3-5-9-6-8;1-7(2)10-8-5-3-4-6-9-8;1-6(2)10-7-3-4-8-5-9-7;1-6(2)10-7-8-4-3-5-9-7;1-6(2)5-7-8-3-4-9-7/h4-7,11H,1-3H3;3-7H,1-2H3,(H,9,10);3-7,10H,1-2H3;3-7H,1-2H3,(H,9,10);2*3-6H,1-2H3,(H,8,9,10);3-4,6H,5H2,1-2H3. The summed E-state index contributed by atoms with van der Waals surface area (Å²) in [7, 11) is 0. The molecule has 7 heterocycles. The highest BCUT2D eigenvalue weighted by atomic mass is 32.1. The minimum absolute atomic E-state index is 0.391.